The molecule has 0 aromatic heterocycles. The average molecular weight is 347 g/mol. The van der Waals surface area contributed by atoms with Crippen LogP contribution in [-0.2, 0) is 9.53 Å². The zero-order valence-corrected chi connectivity index (χ0v) is 16.3. The van der Waals surface area contributed by atoms with Crippen LogP contribution in [0.15, 0.2) is 11.3 Å². The van der Waals surface area contributed by atoms with E-state index in [0.717, 1.165) is 37.9 Å². The Kier molecular flexibility index (Phi) is 4.10. The molecule has 140 valence electrons. The summed E-state index contributed by atoms with van der Waals surface area (Å²) in [6.07, 6.45) is 8.30. The van der Waals surface area contributed by atoms with Crippen LogP contribution in [0.2, 0.25) is 0 Å². The Bertz CT molecular complexity index is 608. The fourth-order valence-corrected chi connectivity index (χ4v) is 7.60. The van der Waals surface area contributed by atoms with Crippen LogP contribution in [0.4, 0.5) is 0 Å². The van der Waals surface area contributed by atoms with Crippen molar-refractivity contribution in [1.82, 2.24) is 0 Å². The van der Waals surface area contributed by atoms with E-state index in [9.17, 15) is 9.90 Å². The summed E-state index contributed by atoms with van der Waals surface area (Å²) in [7, 11) is 1.80. The molecule has 0 aliphatic heterocycles. The Morgan fingerprint density at radius 1 is 1.08 bits per heavy atom. The Morgan fingerprint density at radius 2 is 1.84 bits per heavy atom. The van der Waals surface area contributed by atoms with Crippen LogP contribution in [0.25, 0.3) is 0 Å². The molecule has 0 bridgehead atoms. The highest BCUT2D eigenvalue weighted by molar-refractivity contribution is 5.79. The summed E-state index contributed by atoms with van der Waals surface area (Å²) in [6.45, 7) is 6.63. The van der Waals surface area contributed by atoms with Crippen molar-refractivity contribution >= 4 is 5.78 Å². The maximum absolute atomic E-state index is 12.3. The zero-order valence-electron chi connectivity index (χ0n) is 16.3. The molecule has 3 unspecified atom stereocenters. The first-order valence-corrected chi connectivity index (χ1v) is 10.3. The predicted molar refractivity (Wildman–Crippen MR) is 97.8 cm³/mol. The SMILES string of the molecule is COC1=C2C[C@@H](O)CC[C@]2(C)C2CC[C@@]3(C)C(CC[C@@H]3C(C)=O)C2C1. The summed E-state index contributed by atoms with van der Waals surface area (Å²) in [5.41, 5.74) is 1.77. The van der Waals surface area contributed by atoms with Gasteiger partial charge in [-0.1, -0.05) is 13.8 Å². The molecule has 3 fully saturated rings. The highest BCUT2D eigenvalue weighted by atomic mass is 16.5. The molecule has 0 aromatic rings. The van der Waals surface area contributed by atoms with Gasteiger partial charge in [0.1, 0.15) is 5.78 Å². The highest BCUT2D eigenvalue weighted by Gasteiger charge is 2.60. The van der Waals surface area contributed by atoms with Crippen molar-refractivity contribution in [2.24, 2.45) is 34.5 Å². The first-order chi connectivity index (χ1) is 11.8. The fourth-order valence-electron chi connectivity index (χ4n) is 7.60. The summed E-state index contributed by atoms with van der Waals surface area (Å²) in [5.74, 6) is 3.79. The number of aliphatic hydroxyl groups excluding tert-OH is 1. The molecule has 0 heterocycles. The number of aliphatic hydroxyl groups is 1. The Balaban J connectivity index is 1.73. The minimum atomic E-state index is -0.202. The standard InChI is InChI=1S/C22H34O3/c1-13(23)16-5-6-17-15-12-20(25-4)19-11-14(24)7-9-22(19,3)18(15)8-10-21(16,17)2/h14-18,24H,5-12H2,1-4H3/t14-,15?,16+,17?,18?,21+,22+/m0/s1. The minimum Gasteiger partial charge on any atom is -0.501 e. The van der Waals surface area contributed by atoms with Crippen molar-refractivity contribution in [1.29, 1.82) is 0 Å². The van der Waals surface area contributed by atoms with Crippen molar-refractivity contribution in [2.75, 3.05) is 7.11 Å². The number of methoxy groups -OCH3 is 1. The van der Waals surface area contributed by atoms with Crippen LogP contribution < -0.4 is 0 Å². The normalized spacial score (nSPS) is 49.2. The van der Waals surface area contributed by atoms with Crippen molar-refractivity contribution in [3.05, 3.63) is 11.3 Å². The number of ether oxygens (including phenoxy) is 1. The summed E-state index contributed by atoms with van der Waals surface area (Å²) in [5, 5.41) is 10.2. The third-order valence-corrected chi connectivity index (χ3v) is 8.88. The van der Waals surface area contributed by atoms with Crippen LogP contribution >= 0.6 is 0 Å². The van der Waals surface area contributed by atoms with E-state index in [2.05, 4.69) is 13.8 Å². The molecule has 3 saturated carbocycles. The molecule has 0 radical (unpaired) electrons. The molecule has 7 atom stereocenters. The molecule has 0 spiro atoms. The van der Waals surface area contributed by atoms with E-state index in [4.69, 9.17) is 4.74 Å². The van der Waals surface area contributed by atoms with Crippen LogP contribution in [0.3, 0.4) is 0 Å². The molecule has 0 aromatic carbocycles. The van der Waals surface area contributed by atoms with Gasteiger partial charge in [0.25, 0.3) is 0 Å². The van der Waals surface area contributed by atoms with Crippen LogP contribution in [-0.4, -0.2) is 24.1 Å². The molecule has 3 nitrogen and oxygen atoms in total. The van der Waals surface area contributed by atoms with Gasteiger partial charge in [0, 0.05) is 12.3 Å². The number of hydrogen-bond acceptors (Lipinski definition) is 3. The second-order valence-electron chi connectivity index (χ2n) is 9.79. The van der Waals surface area contributed by atoms with Crippen LogP contribution in [0.1, 0.15) is 72.1 Å². The Hall–Kier alpha value is -0.830. The van der Waals surface area contributed by atoms with Gasteiger partial charge in [-0.2, -0.15) is 0 Å². The number of hydrogen-bond donors (Lipinski definition) is 1. The smallest absolute Gasteiger partial charge is 0.133 e. The molecule has 3 heteroatoms. The topological polar surface area (TPSA) is 46.5 Å². The minimum absolute atomic E-state index is 0.184. The number of allylic oxidation sites excluding steroid dienone is 1. The lowest BCUT2D eigenvalue weighted by molar-refractivity contribution is -0.127. The van der Waals surface area contributed by atoms with Crippen LogP contribution in [0, 0.1) is 34.5 Å². The van der Waals surface area contributed by atoms with Gasteiger partial charge in [-0.25, -0.2) is 0 Å². The number of ketones is 1. The van der Waals surface area contributed by atoms with E-state index >= 15 is 0 Å². The fraction of sp³-hybridized carbons (Fsp3) is 0.864. The van der Waals surface area contributed by atoms with E-state index in [1.807, 2.05) is 0 Å². The van der Waals surface area contributed by atoms with Gasteiger partial charge < -0.3 is 9.84 Å². The number of carbonyl (C=O) groups is 1. The first kappa shape index (κ1) is 17.6. The molecule has 1 N–H and O–H groups in total. The maximum atomic E-state index is 12.3. The van der Waals surface area contributed by atoms with Gasteiger partial charge in [0.15, 0.2) is 0 Å². The van der Waals surface area contributed by atoms with Gasteiger partial charge in [-0.05, 0) is 86.0 Å². The maximum Gasteiger partial charge on any atom is 0.133 e. The first-order valence-electron chi connectivity index (χ1n) is 10.3. The summed E-state index contributed by atoms with van der Waals surface area (Å²) in [6, 6.07) is 0. The van der Waals surface area contributed by atoms with Crippen molar-refractivity contribution in [2.45, 2.75) is 78.2 Å². The highest BCUT2D eigenvalue weighted by Crippen LogP contribution is 2.67. The lowest BCUT2D eigenvalue weighted by Crippen LogP contribution is -2.51. The molecule has 4 aliphatic rings. The average Bonchev–Trinajstić information content (AvgIpc) is 2.92. The largest absolute Gasteiger partial charge is 0.501 e. The number of Topliss-reactive ketones (excluding diaryl/α,β-unsaturated/α-hetero) is 1. The van der Waals surface area contributed by atoms with E-state index in [1.54, 1.807) is 14.0 Å². The van der Waals surface area contributed by atoms with Gasteiger partial charge in [-0.3, -0.25) is 4.79 Å². The summed E-state index contributed by atoms with van der Waals surface area (Å²) in [4.78, 5) is 12.3. The summed E-state index contributed by atoms with van der Waals surface area (Å²) >= 11 is 0. The Labute approximate surface area is 152 Å². The number of carbonyl (C=O) groups excluding carboxylic acids is 1. The van der Waals surface area contributed by atoms with Crippen molar-refractivity contribution in [3.63, 3.8) is 0 Å². The lowest BCUT2D eigenvalue weighted by atomic mass is 9.47. The molecule has 25 heavy (non-hydrogen) atoms. The molecule has 0 amide bonds. The van der Waals surface area contributed by atoms with Crippen molar-refractivity contribution < 1.29 is 14.6 Å². The number of fused-ring (bicyclic) bond motifs is 5. The number of rotatable bonds is 2. The van der Waals surface area contributed by atoms with Gasteiger partial charge in [0.2, 0.25) is 0 Å². The molecule has 4 aliphatic carbocycles. The lowest BCUT2D eigenvalue weighted by Gasteiger charge is -2.58. The molecule has 0 saturated heterocycles. The van der Waals surface area contributed by atoms with Gasteiger partial charge >= 0.3 is 0 Å². The molecule has 4 rings (SSSR count). The summed E-state index contributed by atoms with van der Waals surface area (Å²) < 4.78 is 5.88. The van der Waals surface area contributed by atoms with E-state index in [-0.39, 0.29) is 22.9 Å². The monoisotopic (exact) mass is 346 g/mol. The third-order valence-electron chi connectivity index (χ3n) is 8.88. The van der Waals surface area contributed by atoms with E-state index in [1.165, 1.54) is 24.8 Å². The third kappa shape index (κ3) is 2.37. The van der Waals surface area contributed by atoms with Crippen molar-refractivity contribution in [3.8, 4) is 0 Å². The second-order valence-corrected chi connectivity index (χ2v) is 9.79. The molecular weight excluding hydrogens is 312 g/mol. The molecular formula is C22H34O3. The van der Waals surface area contributed by atoms with Crippen LogP contribution in [0.5, 0.6) is 0 Å². The predicted octanol–water partition coefficient (Wildman–Crippen LogP) is 4.49. The van der Waals surface area contributed by atoms with E-state index in [0.29, 0.717) is 23.5 Å². The Morgan fingerprint density at radius 3 is 2.52 bits per heavy atom. The zero-order chi connectivity index (χ0) is 18.0. The van der Waals surface area contributed by atoms with Gasteiger partial charge in [0.05, 0.1) is 19.0 Å². The van der Waals surface area contributed by atoms with E-state index < -0.39 is 0 Å². The van der Waals surface area contributed by atoms with Gasteiger partial charge in [-0.15, -0.1) is 0 Å². The quantitative estimate of drug-likeness (QED) is 0.801. The second kappa shape index (κ2) is 5.84.